The predicted molar refractivity (Wildman–Crippen MR) is 128 cm³/mol. The third kappa shape index (κ3) is 5.05. The molecule has 0 amide bonds. The van der Waals surface area contributed by atoms with Crippen LogP contribution in [0.1, 0.15) is 25.1 Å². The van der Waals surface area contributed by atoms with E-state index in [-0.39, 0.29) is 23.7 Å². The molecule has 0 spiro atoms. The van der Waals surface area contributed by atoms with Crippen molar-refractivity contribution in [2.45, 2.75) is 25.7 Å². The maximum Gasteiger partial charge on any atom is 0.295 e. The number of aromatic nitrogens is 2. The van der Waals surface area contributed by atoms with E-state index in [0.717, 1.165) is 11.8 Å². The van der Waals surface area contributed by atoms with Crippen molar-refractivity contribution < 1.29 is 13.3 Å². The van der Waals surface area contributed by atoms with Gasteiger partial charge in [-0.15, -0.1) is 0 Å². The molecule has 0 saturated carbocycles. The number of benzene rings is 2. The number of nitrogens with zero attached hydrogens (tertiary/aromatic N) is 5. The fraction of sp³-hybridized carbons (Fsp3) is 0.238. The molecule has 0 bridgehead atoms. The second-order valence-electron chi connectivity index (χ2n) is 6.93. The zero-order valence-electron chi connectivity index (χ0n) is 18.3. The lowest BCUT2D eigenvalue weighted by atomic mass is 10.3. The molecular formula is C21H23ClN6O4S. The van der Waals surface area contributed by atoms with Crippen molar-refractivity contribution in [3.8, 4) is 5.69 Å². The molecule has 0 fully saturated rings. The molecule has 1 aromatic heterocycles. The van der Waals surface area contributed by atoms with Gasteiger partial charge in [-0.25, -0.2) is 13.1 Å². The summed E-state index contributed by atoms with van der Waals surface area (Å²) in [6, 6.07) is 13.0. The van der Waals surface area contributed by atoms with Gasteiger partial charge in [0.05, 0.1) is 33.0 Å². The Hall–Kier alpha value is -3.28. The molecule has 3 aromatic rings. The van der Waals surface area contributed by atoms with E-state index in [1.54, 1.807) is 25.5 Å². The molecule has 3 rings (SSSR count). The molecule has 0 radical (unpaired) electrons. The maximum absolute atomic E-state index is 12.7. The zero-order valence-corrected chi connectivity index (χ0v) is 19.8. The number of hydrazone groups is 1. The molecule has 0 aliphatic rings. The van der Waals surface area contributed by atoms with Crippen LogP contribution in [0.25, 0.3) is 5.69 Å². The van der Waals surface area contributed by atoms with Gasteiger partial charge in [0, 0.05) is 19.2 Å². The largest absolute Gasteiger partial charge is 0.295 e. The first-order chi connectivity index (χ1) is 15.7. The number of hydrogen-bond acceptors (Lipinski definition) is 7. The van der Waals surface area contributed by atoms with E-state index in [1.165, 1.54) is 22.7 Å². The smallest absolute Gasteiger partial charge is 0.272 e. The van der Waals surface area contributed by atoms with Gasteiger partial charge in [0.25, 0.3) is 5.69 Å². The van der Waals surface area contributed by atoms with Crippen LogP contribution < -0.4 is 5.43 Å². The lowest BCUT2D eigenvalue weighted by Crippen LogP contribution is -2.30. The fourth-order valence-corrected chi connectivity index (χ4v) is 4.99. The van der Waals surface area contributed by atoms with E-state index in [9.17, 15) is 18.5 Å². The van der Waals surface area contributed by atoms with Crippen molar-refractivity contribution in [3.63, 3.8) is 0 Å². The normalized spacial score (nSPS) is 11.9. The van der Waals surface area contributed by atoms with E-state index in [2.05, 4.69) is 15.6 Å². The lowest BCUT2D eigenvalue weighted by molar-refractivity contribution is -0.384. The van der Waals surface area contributed by atoms with Crippen LogP contribution in [-0.4, -0.2) is 46.7 Å². The van der Waals surface area contributed by atoms with Gasteiger partial charge in [-0.2, -0.15) is 14.5 Å². The summed E-state index contributed by atoms with van der Waals surface area (Å²) in [5, 5.41) is 20.4. The van der Waals surface area contributed by atoms with Gasteiger partial charge in [-0.1, -0.05) is 43.6 Å². The van der Waals surface area contributed by atoms with Crippen LogP contribution in [0.4, 0.5) is 11.4 Å². The highest BCUT2D eigenvalue weighted by atomic mass is 35.5. The molecule has 0 atom stereocenters. The molecule has 1 heterocycles. The number of sulfonamides is 1. The topological polar surface area (TPSA) is 123 Å². The Morgan fingerprint density at radius 3 is 2.48 bits per heavy atom. The number of nitrogens with one attached hydrogen (secondary N) is 1. The summed E-state index contributed by atoms with van der Waals surface area (Å²) >= 11 is 6.46. The van der Waals surface area contributed by atoms with Crippen molar-refractivity contribution in [1.29, 1.82) is 0 Å². The van der Waals surface area contributed by atoms with Crippen LogP contribution in [-0.2, 0) is 10.0 Å². The number of rotatable bonds is 9. The van der Waals surface area contributed by atoms with Crippen molar-refractivity contribution in [2.75, 3.05) is 18.5 Å². The Labute approximate surface area is 196 Å². The summed E-state index contributed by atoms with van der Waals surface area (Å²) in [5.74, 6) is 0. The third-order valence-electron chi connectivity index (χ3n) is 4.94. The Balaban J connectivity index is 1.89. The second-order valence-corrected chi connectivity index (χ2v) is 9.23. The molecule has 33 heavy (non-hydrogen) atoms. The van der Waals surface area contributed by atoms with Gasteiger partial charge in [0.1, 0.15) is 10.8 Å². The van der Waals surface area contributed by atoms with Crippen LogP contribution in [0.2, 0.25) is 5.15 Å². The molecule has 10 nitrogen and oxygen atoms in total. The highest BCUT2D eigenvalue weighted by Gasteiger charge is 2.25. The minimum atomic E-state index is -3.84. The van der Waals surface area contributed by atoms with Crippen molar-refractivity contribution in [1.82, 2.24) is 14.1 Å². The van der Waals surface area contributed by atoms with Gasteiger partial charge in [0.15, 0.2) is 0 Å². The van der Waals surface area contributed by atoms with Crippen LogP contribution in [0, 0.1) is 17.0 Å². The highest BCUT2D eigenvalue weighted by molar-refractivity contribution is 7.89. The van der Waals surface area contributed by atoms with Gasteiger partial charge < -0.3 is 0 Å². The van der Waals surface area contributed by atoms with Gasteiger partial charge in [0.2, 0.25) is 10.0 Å². The third-order valence-corrected chi connectivity index (χ3v) is 7.35. The first-order valence-electron chi connectivity index (χ1n) is 10.1. The molecule has 1 N–H and O–H groups in total. The molecule has 2 aromatic carbocycles. The van der Waals surface area contributed by atoms with Crippen molar-refractivity contribution in [3.05, 3.63) is 75.1 Å². The van der Waals surface area contributed by atoms with Gasteiger partial charge >= 0.3 is 0 Å². The van der Waals surface area contributed by atoms with E-state index < -0.39 is 20.6 Å². The molecule has 0 aliphatic carbocycles. The number of nitro groups is 1. The summed E-state index contributed by atoms with van der Waals surface area (Å²) < 4.78 is 28.2. The number of halogens is 1. The van der Waals surface area contributed by atoms with Crippen LogP contribution in [0.3, 0.4) is 0 Å². The first kappa shape index (κ1) is 24.4. The van der Waals surface area contributed by atoms with Crippen molar-refractivity contribution in [2.24, 2.45) is 5.10 Å². The minimum absolute atomic E-state index is 0.0407. The minimum Gasteiger partial charge on any atom is -0.272 e. The van der Waals surface area contributed by atoms with E-state index in [0.29, 0.717) is 16.4 Å². The summed E-state index contributed by atoms with van der Waals surface area (Å²) in [4.78, 5) is 10.8. The van der Waals surface area contributed by atoms with E-state index >= 15 is 0 Å². The SMILES string of the molecule is CCN(CC)S(=O)(=O)c1ccc(N/N=C/c2c(C)nn(-c3ccccc3)c2Cl)c([N+](=O)[O-])c1. The number of anilines is 1. The van der Waals surface area contributed by atoms with E-state index in [4.69, 9.17) is 11.6 Å². The van der Waals surface area contributed by atoms with Crippen LogP contribution >= 0.6 is 11.6 Å². The Bertz CT molecular complexity index is 1290. The number of aryl methyl sites for hydroxylation is 1. The van der Waals surface area contributed by atoms with E-state index in [1.807, 2.05) is 30.3 Å². The number of nitro benzene ring substituents is 1. The average molecular weight is 491 g/mol. The molecule has 0 unspecified atom stereocenters. The molecular weight excluding hydrogens is 468 g/mol. The lowest BCUT2D eigenvalue weighted by Gasteiger charge is -2.18. The van der Waals surface area contributed by atoms with Gasteiger partial charge in [-0.3, -0.25) is 15.5 Å². The summed E-state index contributed by atoms with van der Waals surface area (Å²) in [7, 11) is -3.84. The van der Waals surface area contributed by atoms with Crippen LogP contribution in [0.5, 0.6) is 0 Å². The fourth-order valence-electron chi connectivity index (χ4n) is 3.19. The molecule has 0 aliphatic heterocycles. The maximum atomic E-state index is 12.7. The number of para-hydroxylation sites is 1. The zero-order chi connectivity index (χ0) is 24.2. The monoisotopic (exact) mass is 490 g/mol. The number of hydrogen-bond donors (Lipinski definition) is 1. The Kier molecular flexibility index (Phi) is 7.46. The molecule has 174 valence electrons. The first-order valence-corrected chi connectivity index (χ1v) is 11.9. The summed E-state index contributed by atoms with van der Waals surface area (Å²) in [6.07, 6.45) is 1.41. The molecule has 12 heteroatoms. The van der Waals surface area contributed by atoms with Crippen LogP contribution in [0.15, 0.2) is 58.5 Å². The summed E-state index contributed by atoms with van der Waals surface area (Å²) in [5.41, 5.74) is 4.16. The Morgan fingerprint density at radius 1 is 1.21 bits per heavy atom. The average Bonchev–Trinajstić information content (AvgIpc) is 3.08. The summed E-state index contributed by atoms with van der Waals surface area (Å²) in [6.45, 7) is 5.68. The Morgan fingerprint density at radius 2 is 1.88 bits per heavy atom. The second kappa shape index (κ2) is 10.1. The molecule has 0 saturated heterocycles. The van der Waals surface area contributed by atoms with Gasteiger partial charge in [-0.05, 0) is 31.2 Å². The highest BCUT2D eigenvalue weighted by Crippen LogP contribution is 2.29. The predicted octanol–water partition coefficient (Wildman–Crippen LogP) is 4.22. The van der Waals surface area contributed by atoms with Crippen molar-refractivity contribution >= 4 is 39.2 Å². The quantitative estimate of drug-likeness (QED) is 0.272. The standard InChI is InChI=1S/C21H23ClN6O4S/c1-4-26(5-2)33(31,32)17-11-12-19(20(13-17)28(29)30)24-23-14-18-15(3)25-27(21(18)22)16-9-7-6-8-10-16/h6-14,24H,4-5H2,1-3H3/b23-14+.